The normalized spacial score (nSPS) is 19.5. The lowest BCUT2D eigenvalue weighted by molar-refractivity contribution is 0.322. The molecule has 4 heteroatoms. The van der Waals surface area contributed by atoms with Gasteiger partial charge in [-0.1, -0.05) is 42.8 Å². The molecule has 0 amide bonds. The van der Waals surface area contributed by atoms with E-state index in [9.17, 15) is 0 Å². The Hall–Kier alpha value is -2.00. The first-order valence-corrected chi connectivity index (χ1v) is 8.60. The summed E-state index contributed by atoms with van der Waals surface area (Å²) in [5.41, 5.74) is 4.84. The molecule has 118 valence electrons. The third kappa shape index (κ3) is 2.59. The van der Waals surface area contributed by atoms with Crippen LogP contribution in [0.4, 0.5) is 5.69 Å². The number of hydrogen-bond acceptors (Lipinski definition) is 3. The maximum absolute atomic E-state index is 6.19. The summed E-state index contributed by atoms with van der Waals surface area (Å²) in [6.07, 6.45) is 2.27. The lowest BCUT2D eigenvalue weighted by Crippen LogP contribution is -2.46. The Morgan fingerprint density at radius 3 is 2.83 bits per heavy atom. The molecule has 1 unspecified atom stereocenters. The van der Waals surface area contributed by atoms with E-state index in [0.29, 0.717) is 0 Å². The molecule has 2 aliphatic rings. The highest BCUT2D eigenvalue weighted by Gasteiger charge is 2.32. The van der Waals surface area contributed by atoms with Gasteiger partial charge in [-0.2, -0.15) is 0 Å². The van der Waals surface area contributed by atoms with Gasteiger partial charge in [-0.05, 0) is 42.2 Å². The predicted molar refractivity (Wildman–Crippen MR) is 96.4 cm³/mol. The number of rotatable bonds is 2. The van der Waals surface area contributed by atoms with E-state index in [-0.39, 0.29) is 6.17 Å². The topological polar surface area (TPSA) is 27.6 Å². The maximum atomic E-state index is 6.19. The number of hydrogen-bond donors (Lipinski definition) is 1. The first-order valence-electron chi connectivity index (χ1n) is 8.22. The molecular weight excluding hydrogens is 306 g/mol. The Kier molecular flexibility index (Phi) is 3.74. The second-order valence-corrected chi connectivity index (χ2v) is 6.52. The van der Waals surface area contributed by atoms with Crippen molar-refractivity contribution in [3.63, 3.8) is 0 Å². The monoisotopic (exact) mass is 325 g/mol. The Balaban J connectivity index is 1.78. The second-order valence-electron chi connectivity index (χ2n) is 6.08. The van der Waals surface area contributed by atoms with Crippen molar-refractivity contribution in [2.45, 2.75) is 25.9 Å². The van der Waals surface area contributed by atoms with E-state index in [1.54, 1.807) is 0 Å². The van der Waals surface area contributed by atoms with Crippen LogP contribution in [0.1, 0.15) is 36.2 Å². The fourth-order valence-electron chi connectivity index (χ4n) is 3.37. The number of amidine groups is 1. The molecule has 0 aromatic heterocycles. The molecule has 1 N–H and O–H groups in total. The number of anilines is 1. The number of nitrogens with one attached hydrogen (secondary N) is 1. The third-order valence-electron chi connectivity index (χ3n) is 4.62. The maximum Gasteiger partial charge on any atom is 0.134 e. The summed E-state index contributed by atoms with van der Waals surface area (Å²) in [5, 5.41) is 4.40. The highest BCUT2D eigenvalue weighted by Crippen LogP contribution is 2.36. The summed E-state index contributed by atoms with van der Waals surface area (Å²) in [7, 11) is 0. The van der Waals surface area contributed by atoms with Gasteiger partial charge < -0.3 is 10.2 Å². The molecule has 1 atom stereocenters. The van der Waals surface area contributed by atoms with Crippen molar-refractivity contribution in [2.24, 2.45) is 4.99 Å². The second kappa shape index (κ2) is 5.89. The lowest BCUT2D eigenvalue weighted by Gasteiger charge is -2.42. The molecule has 4 rings (SSSR count). The molecule has 23 heavy (non-hydrogen) atoms. The highest BCUT2D eigenvalue weighted by atomic mass is 35.5. The van der Waals surface area contributed by atoms with Crippen LogP contribution in [0.2, 0.25) is 5.02 Å². The van der Waals surface area contributed by atoms with Gasteiger partial charge in [-0.3, -0.25) is 4.99 Å². The molecule has 3 nitrogen and oxygen atoms in total. The molecular formula is C19H20ClN3. The van der Waals surface area contributed by atoms with Gasteiger partial charge in [0.1, 0.15) is 12.0 Å². The Bertz CT molecular complexity index is 752. The highest BCUT2D eigenvalue weighted by molar-refractivity contribution is 6.31. The molecule has 2 heterocycles. The van der Waals surface area contributed by atoms with Crippen LogP contribution in [0.25, 0.3) is 0 Å². The molecule has 2 aromatic rings. The molecule has 0 spiro atoms. The minimum absolute atomic E-state index is 0.117. The zero-order chi connectivity index (χ0) is 15.8. The molecule has 2 aliphatic heterocycles. The standard InChI is InChI=1S/C19H20ClN3/c1-2-13-4-6-14(7-5-13)18-22-17-12-15(20)8-9-16(17)19-21-10-3-11-23(18)19/h4-9,12,18,22H,2-3,10-11H2,1H3. The van der Waals surface area contributed by atoms with Gasteiger partial charge in [-0.25, -0.2) is 0 Å². The van der Waals surface area contributed by atoms with Crippen LogP contribution < -0.4 is 5.32 Å². The largest absolute Gasteiger partial charge is 0.361 e. The summed E-state index contributed by atoms with van der Waals surface area (Å²) < 4.78 is 0. The Labute approximate surface area is 142 Å². The van der Waals surface area contributed by atoms with Crippen molar-refractivity contribution in [1.29, 1.82) is 0 Å². The van der Waals surface area contributed by atoms with Gasteiger partial charge in [0.15, 0.2) is 0 Å². The van der Waals surface area contributed by atoms with Crippen molar-refractivity contribution >= 4 is 23.1 Å². The van der Waals surface area contributed by atoms with Crippen LogP contribution in [0, 0.1) is 0 Å². The van der Waals surface area contributed by atoms with E-state index < -0.39 is 0 Å². The first-order chi connectivity index (χ1) is 11.3. The average Bonchev–Trinajstić information content (AvgIpc) is 2.61. The zero-order valence-electron chi connectivity index (χ0n) is 13.2. The van der Waals surface area contributed by atoms with E-state index >= 15 is 0 Å². The zero-order valence-corrected chi connectivity index (χ0v) is 14.0. The van der Waals surface area contributed by atoms with Crippen molar-refractivity contribution < 1.29 is 0 Å². The number of aliphatic imine (C=N–C) groups is 1. The van der Waals surface area contributed by atoms with E-state index in [0.717, 1.165) is 48.0 Å². The van der Waals surface area contributed by atoms with Gasteiger partial charge in [0.2, 0.25) is 0 Å². The van der Waals surface area contributed by atoms with Crippen molar-refractivity contribution in [2.75, 3.05) is 18.4 Å². The average molecular weight is 326 g/mol. The number of halogens is 1. The van der Waals surface area contributed by atoms with Crippen molar-refractivity contribution in [3.05, 3.63) is 64.2 Å². The smallest absolute Gasteiger partial charge is 0.134 e. The number of fused-ring (bicyclic) bond motifs is 3. The quantitative estimate of drug-likeness (QED) is 0.881. The van der Waals surface area contributed by atoms with Gasteiger partial charge >= 0.3 is 0 Å². The number of nitrogens with zero attached hydrogens (tertiary/aromatic N) is 2. The minimum atomic E-state index is 0.117. The van der Waals surface area contributed by atoms with Crippen LogP contribution in [0.15, 0.2) is 47.5 Å². The van der Waals surface area contributed by atoms with E-state index in [2.05, 4.69) is 47.5 Å². The molecule has 0 saturated carbocycles. The first kappa shape index (κ1) is 14.6. The SMILES string of the molecule is CCc1ccc(C2Nc3cc(Cl)ccc3C3=NCCCN32)cc1. The van der Waals surface area contributed by atoms with Gasteiger partial charge in [0.25, 0.3) is 0 Å². The van der Waals surface area contributed by atoms with E-state index in [1.165, 1.54) is 11.1 Å². The Morgan fingerprint density at radius 2 is 2.04 bits per heavy atom. The van der Waals surface area contributed by atoms with Crippen LogP contribution in [0.5, 0.6) is 0 Å². The molecule has 0 fully saturated rings. The summed E-state index contributed by atoms with van der Waals surface area (Å²) in [4.78, 5) is 7.17. The van der Waals surface area contributed by atoms with Gasteiger partial charge in [0, 0.05) is 29.4 Å². The molecule has 0 radical (unpaired) electrons. The number of benzene rings is 2. The van der Waals surface area contributed by atoms with E-state index in [1.807, 2.05) is 12.1 Å². The molecule has 0 saturated heterocycles. The summed E-state index contributed by atoms with van der Waals surface area (Å²) in [6.45, 7) is 4.10. The molecule has 0 aliphatic carbocycles. The Morgan fingerprint density at radius 1 is 1.22 bits per heavy atom. The summed E-state index contributed by atoms with van der Waals surface area (Å²) in [5.74, 6) is 1.09. The molecule has 2 aromatic carbocycles. The minimum Gasteiger partial charge on any atom is -0.361 e. The fourth-order valence-corrected chi connectivity index (χ4v) is 3.54. The van der Waals surface area contributed by atoms with Crippen LogP contribution in [-0.2, 0) is 6.42 Å². The van der Waals surface area contributed by atoms with Crippen LogP contribution in [0.3, 0.4) is 0 Å². The van der Waals surface area contributed by atoms with Crippen LogP contribution in [-0.4, -0.2) is 23.8 Å². The summed E-state index contributed by atoms with van der Waals surface area (Å²) >= 11 is 6.19. The summed E-state index contributed by atoms with van der Waals surface area (Å²) in [6, 6.07) is 14.9. The van der Waals surface area contributed by atoms with Gasteiger partial charge in [0.05, 0.1) is 0 Å². The van der Waals surface area contributed by atoms with Crippen molar-refractivity contribution in [3.8, 4) is 0 Å². The molecule has 0 bridgehead atoms. The number of aryl methyl sites for hydroxylation is 1. The van der Waals surface area contributed by atoms with Gasteiger partial charge in [-0.15, -0.1) is 0 Å². The van der Waals surface area contributed by atoms with Crippen molar-refractivity contribution in [1.82, 2.24) is 4.90 Å². The lowest BCUT2D eigenvalue weighted by atomic mass is 10.0. The van der Waals surface area contributed by atoms with Crippen LogP contribution >= 0.6 is 11.6 Å². The third-order valence-corrected chi connectivity index (χ3v) is 4.86. The fraction of sp³-hybridized carbons (Fsp3) is 0.316. The van der Waals surface area contributed by atoms with E-state index in [4.69, 9.17) is 16.6 Å². The predicted octanol–water partition coefficient (Wildman–Crippen LogP) is 4.48.